The molecule has 0 saturated carbocycles. The van der Waals surface area contributed by atoms with Gasteiger partial charge in [0.05, 0.1) is 0 Å². The molecule has 0 aliphatic carbocycles. The van der Waals surface area contributed by atoms with Gasteiger partial charge in [0.1, 0.15) is 0 Å². The van der Waals surface area contributed by atoms with E-state index in [1.165, 1.54) is 19.3 Å². The molecule has 0 spiro atoms. The van der Waals surface area contributed by atoms with Crippen molar-refractivity contribution in [2.24, 2.45) is 5.92 Å². The lowest BCUT2D eigenvalue weighted by molar-refractivity contribution is 0.376. The van der Waals surface area contributed by atoms with Crippen LogP contribution in [0.25, 0.3) is 0 Å². The Bertz CT molecular complexity index is 313. The van der Waals surface area contributed by atoms with E-state index in [1.807, 2.05) is 13.2 Å². The number of nitrogens with one attached hydrogen (secondary N) is 2. The summed E-state index contributed by atoms with van der Waals surface area (Å²) in [6, 6.07) is 0. The summed E-state index contributed by atoms with van der Waals surface area (Å²) in [4.78, 5) is 10.1. The number of hydrogen-bond donors (Lipinski definition) is 2. The van der Waals surface area contributed by atoms with E-state index < -0.39 is 0 Å². The number of imidazole rings is 1. The summed E-state index contributed by atoms with van der Waals surface area (Å²) < 4.78 is 0. The molecular weight excluding hydrogens is 200 g/mol. The summed E-state index contributed by atoms with van der Waals surface area (Å²) in [6.45, 7) is 5.48. The largest absolute Gasteiger partial charge is 0.342 e. The van der Waals surface area contributed by atoms with E-state index in [1.54, 1.807) is 0 Å². The van der Waals surface area contributed by atoms with Crippen LogP contribution in [-0.4, -0.2) is 36.6 Å². The van der Waals surface area contributed by atoms with Crippen molar-refractivity contribution in [2.45, 2.75) is 26.2 Å². The summed E-state index contributed by atoms with van der Waals surface area (Å²) in [7, 11) is 2.03. The van der Waals surface area contributed by atoms with Crippen LogP contribution in [0.3, 0.4) is 0 Å². The number of nitrogens with zero attached hydrogens (tertiary/aromatic N) is 2. The Hall–Kier alpha value is -1.03. The molecule has 1 aliphatic rings. The van der Waals surface area contributed by atoms with Gasteiger partial charge in [-0.1, -0.05) is 0 Å². The first-order valence-electron chi connectivity index (χ1n) is 6.20. The molecule has 0 aromatic carbocycles. The highest BCUT2D eigenvalue weighted by molar-refractivity contribution is 5.31. The van der Waals surface area contributed by atoms with Gasteiger partial charge in [0.15, 0.2) is 0 Å². The predicted molar refractivity (Wildman–Crippen MR) is 66.8 cm³/mol. The molecule has 0 radical (unpaired) electrons. The third-order valence-electron chi connectivity index (χ3n) is 3.41. The molecule has 4 nitrogen and oxygen atoms in total. The van der Waals surface area contributed by atoms with E-state index in [-0.39, 0.29) is 0 Å². The van der Waals surface area contributed by atoms with Crippen LogP contribution in [0.2, 0.25) is 0 Å². The van der Waals surface area contributed by atoms with Crippen LogP contribution in [0.5, 0.6) is 0 Å². The molecule has 1 aliphatic heterocycles. The highest BCUT2D eigenvalue weighted by atomic mass is 15.3. The molecule has 16 heavy (non-hydrogen) atoms. The molecule has 2 heterocycles. The van der Waals surface area contributed by atoms with Crippen molar-refractivity contribution in [1.82, 2.24) is 15.3 Å². The number of hydrogen-bond acceptors (Lipinski definition) is 3. The fourth-order valence-electron chi connectivity index (χ4n) is 2.34. The third-order valence-corrected chi connectivity index (χ3v) is 3.41. The van der Waals surface area contributed by atoms with Crippen molar-refractivity contribution in [3.63, 3.8) is 0 Å². The maximum Gasteiger partial charge on any atom is 0.202 e. The van der Waals surface area contributed by atoms with Crippen molar-refractivity contribution in [1.29, 1.82) is 0 Å². The monoisotopic (exact) mass is 222 g/mol. The Labute approximate surface area is 97.4 Å². The second-order valence-corrected chi connectivity index (χ2v) is 4.71. The topological polar surface area (TPSA) is 44.0 Å². The minimum Gasteiger partial charge on any atom is -0.342 e. The maximum absolute atomic E-state index is 4.38. The van der Waals surface area contributed by atoms with Gasteiger partial charge >= 0.3 is 0 Å². The van der Waals surface area contributed by atoms with Gasteiger partial charge in [0.2, 0.25) is 5.95 Å². The van der Waals surface area contributed by atoms with Gasteiger partial charge < -0.3 is 15.2 Å². The highest BCUT2D eigenvalue weighted by Crippen LogP contribution is 2.22. The Morgan fingerprint density at radius 2 is 2.25 bits per heavy atom. The van der Waals surface area contributed by atoms with Crippen molar-refractivity contribution in [2.75, 3.05) is 31.6 Å². The minimum absolute atomic E-state index is 0.889. The van der Waals surface area contributed by atoms with Crippen LogP contribution in [0.15, 0.2) is 6.20 Å². The van der Waals surface area contributed by atoms with Crippen molar-refractivity contribution >= 4 is 5.95 Å². The Kier molecular flexibility index (Phi) is 3.83. The van der Waals surface area contributed by atoms with Crippen LogP contribution in [0, 0.1) is 12.8 Å². The molecule has 1 aromatic heterocycles. The molecule has 0 unspecified atom stereocenters. The quantitative estimate of drug-likeness (QED) is 0.812. The van der Waals surface area contributed by atoms with Crippen LogP contribution in [-0.2, 0) is 0 Å². The SMILES string of the molecule is CNCCC1CCN(c2ncc(C)[nH]2)CC1. The zero-order valence-corrected chi connectivity index (χ0v) is 10.3. The highest BCUT2D eigenvalue weighted by Gasteiger charge is 2.20. The molecule has 90 valence electrons. The van der Waals surface area contributed by atoms with E-state index in [0.717, 1.165) is 37.2 Å². The lowest BCUT2D eigenvalue weighted by Gasteiger charge is -2.31. The predicted octanol–water partition coefficient (Wildman–Crippen LogP) is 1.54. The number of aryl methyl sites for hydroxylation is 1. The number of rotatable bonds is 4. The van der Waals surface area contributed by atoms with E-state index >= 15 is 0 Å². The average molecular weight is 222 g/mol. The Morgan fingerprint density at radius 1 is 1.50 bits per heavy atom. The fourth-order valence-corrected chi connectivity index (χ4v) is 2.34. The first-order valence-corrected chi connectivity index (χ1v) is 6.20. The summed E-state index contributed by atoms with van der Waals surface area (Å²) in [5.74, 6) is 1.93. The van der Waals surface area contributed by atoms with Crippen LogP contribution < -0.4 is 10.2 Å². The molecule has 1 saturated heterocycles. The second-order valence-electron chi connectivity index (χ2n) is 4.71. The third kappa shape index (κ3) is 2.76. The number of anilines is 1. The standard InChI is InChI=1S/C12H22N4/c1-10-9-14-12(15-10)16-7-4-11(5-8-16)3-6-13-2/h9,11,13H,3-8H2,1-2H3,(H,14,15). The van der Waals surface area contributed by atoms with E-state index in [0.29, 0.717) is 0 Å². The summed E-state index contributed by atoms with van der Waals surface area (Å²) in [5.41, 5.74) is 1.15. The smallest absolute Gasteiger partial charge is 0.202 e. The van der Waals surface area contributed by atoms with Crippen LogP contribution >= 0.6 is 0 Å². The molecule has 2 N–H and O–H groups in total. The number of piperidine rings is 1. The van der Waals surface area contributed by atoms with Gasteiger partial charge in [-0.3, -0.25) is 0 Å². The summed E-state index contributed by atoms with van der Waals surface area (Å²) in [6.07, 6.45) is 5.80. The fraction of sp³-hybridized carbons (Fsp3) is 0.750. The average Bonchev–Trinajstić information content (AvgIpc) is 2.74. The molecule has 0 atom stereocenters. The van der Waals surface area contributed by atoms with E-state index in [9.17, 15) is 0 Å². The molecule has 0 bridgehead atoms. The summed E-state index contributed by atoms with van der Waals surface area (Å²) >= 11 is 0. The van der Waals surface area contributed by atoms with Crippen LogP contribution in [0.4, 0.5) is 5.95 Å². The Balaban J connectivity index is 1.81. The van der Waals surface area contributed by atoms with Crippen LogP contribution in [0.1, 0.15) is 25.0 Å². The normalized spacial score (nSPS) is 18.0. The lowest BCUT2D eigenvalue weighted by Crippen LogP contribution is -2.35. The molecule has 2 rings (SSSR count). The summed E-state index contributed by atoms with van der Waals surface area (Å²) in [5, 5.41) is 3.23. The number of H-pyrrole nitrogens is 1. The first-order chi connectivity index (χ1) is 7.79. The van der Waals surface area contributed by atoms with Crippen molar-refractivity contribution < 1.29 is 0 Å². The zero-order chi connectivity index (χ0) is 11.4. The van der Waals surface area contributed by atoms with Gasteiger partial charge in [-0.05, 0) is 45.7 Å². The molecule has 4 heteroatoms. The first kappa shape index (κ1) is 11.5. The van der Waals surface area contributed by atoms with Crippen molar-refractivity contribution in [3.05, 3.63) is 11.9 Å². The lowest BCUT2D eigenvalue weighted by atomic mass is 9.94. The Morgan fingerprint density at radius 3 is 2.81 bits per heavy atom. The van der Waals surface area contributed by atoms with Crippen molar-refractivity contribution in [3.8, 4) is 0 Å². The van der Waals surface area contributed by atoms with Gasteiger partial charge in [0.25, 0.3) is 0 Å². The molecular formula is C12H22N4. The zero-order valence-electron chi connectivity index (χ0n) is 10.3. The minimum atomic E-state index is 0.889. The van der Waals surface area contributed by atoms with E-state index in [4.69, 9.17) is 0 Å². The second kappa shape index (κ2) is 5.34. The van der Waals surface area contributed by atoms with Gasteiger partial charge in [-0.15, -0.1) is 0 Å². The molecule has 0 amide bonds. The van der Waals surface area contributed by atoms with Gasteiger partial charge in [-0.25, -0.2) is 4.98 Å². The van der Waals surface area contributed by atoms with Gasteiger partial charge in [0, 0.05) is 25.0 Å². The van der Waals surface area contributed by atoms with E-state index in [2.05, 4.69) is 27.1 Å². The maximum atomic E-state index is 4.38. The molecule has 1 fully saturated rings. The molecule has 1 aromatic rings. The number of aromatic amines is 1. The van der Waals surface area contributed by atoms with Gasteiger partial charge in [-0.2, -0.15) is 0 Å². The number of aromatic nitrogens is 2.